The molecule has 0 saturated carbocycles. The number of aliphatic hydroxyl groups excluding tert-OH is 1. The highest BCUT2D eigenvalue weighted by atomic mass is 32.2. The van der Waals surface area contributed by atoms with Gasteiger partial charge in [0.15, 0.2) is 0 Å². The van der Waals surface area contributed by atoms with Gasteiger partial charge in [-0.15, -0.1) is 0 Å². The highest BCUT2D eigenvalue weighted by molar-refractivity contribution is 7.87. The molecule has 1 atom stereocenters. The van der Waals surface area contributed by atoms with Gasteiger partial charge in [-0.2, -0.15) is 17.4 Å². The van der Waals surface area contributed by atoms with Crippen LogP contribution < -0.4 is 4.72 Å². The Kier molecular flexibility index (Phi) is 6.55. The van der Waals surface area contributed by atoms with E-state index in [0.29, 0.717) is 13.1 Å². The summed E-state index contributed by atoms with van der Waals surface area (Å²) >= 11 is 0. The predicted molar refractivity (Wildman–Crippen MR) is 72.4 cm³/mol. The Hall–Kier alpha value is -0.170. The normalized spacial score (nSPS) is 21.1. The Balaban J connectivity index is 2.53. The molecule has 108 valence electrons. The largest absolute Gasteiger partial charge is 0.396 e. The number of hydrogen-bond acceptors (Lipinski definition) is 3. The summed E-state index contributed by atoms with van der Waals surface area (Å²) in [5, 5.41) is 9.05. The molecule has 6 heteroatoms. The molecule has 0 amide bonds. The fourth-order valence-corrected chi connectivity index (χ4v) is 3.86. The van der Waals surface area contributed by atoms with Gasteiger partial charge in [0.25, 0.3) is 10.2 Å². The van der Waals surface area contributed by atoms with Crippen LogP contribution in [-0.4, -0.2) is 43.6 Å². The lowest BCUT2D eigenvalue weighted by Gasteiger charge is -2.31. The van der Waals surface area contributed by atoms with Gasteiger partial charge in [0, 0.05) is 25.7 Å². The molecule has 0 aromatic rings. The van der Waals surface area contributed by atoms with Crippen molar-refractivity contribution in [1.29, 1.82) is 0 Å². The molecule has 18 heavy (non-hydrogen) atoms. The number of aliphatic hydroxyl groups is 1. The minimum atomic E-state index is -3.35. The first-order valence-corrected chi connectivity index (χ1v) is 8.35. The minimum Gasteiger partial charge on any atom is -0.396 e. The maximum Gasteiger partial charge on any atom is 0.279 e. The first-order valence-electron chi connectivity index (χ1n) is 6.91. The van der Waals surface area contributed by atoms with E-state index in [1.54, 1.807) is 0 Å². The second-order valence-electron chi connectivity index (χ2n) is 5.04. The molecule has 1 fully saturated rings. The highest BCUT2D eigenvalue weighted by Gasteiger charge is 2.28. The Morgan fingerprint density at radius 2 is 1.94 bits per heavy atom. The van der Waals surface area contributed by atoms with Gasteiger partial charge in [-0.1, -0.05) is 20.3 Å². The first-order chi connectivity index (χ1) is 8.53. The zero-order valence-electron chi connectivity index (χ0n) is 11.4. The van der Waals surface area contributed by atoms with E-state index in [-0.39, 0.29) is 18.6 Å². The van der Waals surface area contributed by atoms with E-state index in [4.69, 9.17) is 5.11 Å². The van der Waals surface area contributed by atoms with Gasteiger partial charge in [0.2, 0.25) is 0 Å². The SMILES string of the molecule is CCCC(CC)NS(=O)(=O)N1CCC(CO)CC1. The summed E-state index contributed by atoms with van der Waals surface area (Å²) in [5.41, 5.74) is 0. The molecule has 0 aromatic carbocycles. The molecule has 0 radical (unpaired) electrons. The molecule has 5 nitrogen and oxygen atoms in total. The van der Waals surface area contributed by atoms with Crippen molar-refractivity contribution in [2.45, 2.75) is 52.0 Å². The minimum absolute atomic E-state index is 0.0376. The lowest BCUT2D eigenvalue weighted by Crippen LogP contribution is -2.48. The predicted octanol–water partition coefficient (Wildman–Crippen LogP) is 1.10. The molecule has 2 N–H and O–H groups in total. The summed E-state index contributed by atoms with van der Waals surface area (Å²) in [5.74, 6) is 0.258. The van der Waals surface area contributed by atoms with Crippen LogP contribution in [0.25, 0.3) is 0 Å². The summed E-state index contributed by atoms with van der Waals surface area (Å²) in [7, 11) is -3.35. The molecule has 1 saturated heterocycles. The summed E-state index contributed by atoms with van der Waals surface area (Å²) in [6, 6.07) is 0.0376. The Morgan fingerprint density at radius 1 is 1.33 bits per heavy atom. The Morgan fingerprint density at radius 3 is 2.39 bits per heavy atom. The first kappa shape index (κ1) is 15.9. The van der Waals surface area contributed by atoms with Crippen LogP contribution in [0.4, 0.5) is 0 Å². The van der Waals surface area contributed by atoms with E-state index in [1.165, 1.54) is 4.31 Å². The van der Waals surface area contributed by atoms with Crippen LogP contribution in [0.3, 0.4) is 0 Å². The van der Waals surface area contributed by atoms with Gasteiger partial charge < -0.3 is 5.11 Å². The van der Waals surface area contributed by atoms with Gasteiger partial charge >= 0.3 is 0 Å². The van der Waals surface area contributed by atoms with Crippen molar-refractivity contribution in [3.8, 4) is 0 Å². The third-order valence-electron chi connectivity index (χ3n) is 3.62. The van der Waals surface area contributed by atoms with E-state index in [1.807, 2.05) is 6.92 Å². The molecule has 0 aromatic heterocycles. The third-order valence-corrected chi connectivity index (χ3v) is 5.29. The monoisotopic (exact) mass is 278 g/mol. The van der Waals surface area contributed by atoms with Crippen molar-refractivity contribution in [3.63, 3.8) is 0 Å². The lowest BCUT2D eigenvalue weighted by molar-refractivity contribution is 0.169. The van der Waals surface area contributed by atoms with Crippen molar-refractivity contribution < 1.29 is 13.5 Å². The van der Waals surface area contributed by atoms with E-state index in [9.17, 15) is 8.42 Å². The molecule has 1 unspecified atom stereocenters. The third kappa shape index (κ3) is 4.50. The van der Waals surface area contributed by atoms with Gasteiger partial charge in [-0.25, -0.2) is 0 Å². The molecular formula is C12H26N2O3S. The Labute approximate surface area is 111 Å². The van der Waals surface area contributed by atoms with Crippen molar-refractivity contribution in [2.24, 2.45) is 5.92 Å². The molecule has 1 aliphatic heterocycles. The zero-order valence-corrected chi connectivity index (χ0v) is 12.2. The Bertz CT molecular complexity index is 324. The lowest BCUT2D eigenvalue weighted by atomic mass is 10.00. The number of nitrogens with one attached hydrogen (secondary N) is 1. The summed E-state index contributed by atoms with van der Waals surface area (Å²) in [6.45, 7) is 5.26. The standard InChI is InChI=1S/C12H26N2O3S/c1-3-5-12(4-2)13-18(16,17)14-8-6-11(10-15)7-9-14/h11-13,15H,3-10H2,1-2H3. The van der Waals surface area contributed by atoms with E-state index in [2.05, 4.69) is 11.6 Å². The average Bonchev–Trinajstić information content (AvgIpc) is 2.38. The summed E-state index contributed by atoms with van der Waals surface area (Å²) in [6.07, 6.45) is 4.18. The van der Waals surface area contributed by atoms with Crippen LogP contribution >= 0.6 is 0 Å². The number of hydrogen-bond donors (Lipinski definition) is 2. The maximum atomic E-state index is 12.2. The topological polar surface area (TPSA) is 69.6 Å². The van der Waals surface area contributed by atoms with Gasteiger partial charge in [-0.3, -0.25) is 0 Å². The van der Waals surface area contributed by atoms with Crippen LogP contribution in [0.1, 0.15) is 46.0 Å². The average molecular weight is 278 g/mol. The van der Waals surface area contributed by atoms with Gasteiger partial charge in [-0.05, 0) is 31.6 Å². The van der Waals surface area contributed by atoms with Crippen LogP contribution in [0.5, 0.6) is 0 Å². The van der Waals surface area contributed by atoms with E-state index < -0.39 is 10.2 Å². The number of piperidine rings is 1. The molecule has 1 heterocycles. The van der Waals surface area contributed by atoms with Gasteiger partial charge in [0.05, 0.1) is 0 Å². The maximum absolute atomic E-state index is 12.2. The highest BCUT2D eigenvalue weighted by Crippen LogP contribution is 2.19. The fraction of sp³-hybridized carbons (Fsp3) is 1.00. The molecule has 0 aliphatic carbocycles. The van der Waals surface area contributed by atoms with Crippen molar-refractivity contribution in [3.05, 3.63) is 0 Å². The van der Waals surface area contributed by atoms with Crippen molar-refractivity contribution >= 4 is 10.2 Å². The summed E-state index contributed by atoms with van der Waals surface area (Å²) < 4.78 is 28.6. The van der Waals surface area contributed by atoms with E-state index in [0.717, 1.165) is 32.1 Å². The van der Waals surface area contributed by atoms with Crippen LogP contribution in [-0.2, 0) is 10.2 Å². The van der Waals surface area contributed by atoms with Gasteiger partial charge in [0.1, 0.15) is 0 Å². The fourth-order valence-electron chi connectivity index (χ4n) is 2.31. The van der Waals surface area contributed by atoms with Crippen LogP contribution in [0, 0.1) is 5.92 Å². The summed E-state index contributed by atoms with van der Waals surface area (Å²) in [4.78, 5) is 0. The molecule has 1 aliphatic rings. The van der Waals surface area contributed by atoms with Crippen molar-refractivity contribution in [1.82, 2.24) is 9.03 Å². The smallest absolute Gasteiger partial charge is 0.279 e. The second kappa shape index (κ2) is 7.43. The van der Waals surface area contributed by atoms with Crippen LogP contribution in [0.15, 0.2) is 0 Å². The second-order valence-corrected chi connectivity index (χ2v) is 6.74. The quantitative estimate of drug-likeness (QED) is 0.733. The molecule has 1 rings (SSSR count). The van der Waals surface area contributed by atoms with E-state index >= 15 is 0 Å². The number of rotatable bonds is 7. The molecule has 0 spiro atoms. The number of nitrogens with zero attached hydrogens (tertiary/aromatic N) is 1. The molecular weight excluding hydrogens is 252 g/mol. The molecule has 0 bridgehead atoms. The van der Waals surface area contributed by atoms with Crippen LogP contribution in [0.2, 0.25) is 0 Å². The van der Waals surface area contributed by atoms with Crippen molar-refractivity contribution in [2.75, 3.05) is 19.7 Å². The zero-order chi connectivity index (χ0) is 13.6.